The number of nitrogen functional groups attached to an aromatic ring is 1. The highest BCUT2D eigenvalue weighted by molar-refractivity contribution is 5.54. The molecule has 0 saturated carbocycles. The molecule has 0 bridgehead atoms. The van der Waals surface area contributed by atoms with E-state index in [9.17, 15) is 0 Å². The lowest BCUT2D eigenvalue weighted by Crippen LogP contribution is -2.44. The summed E-state index contributed by atoms with van der Waals surface area (Å²) in [5.74, 6) is 1.52. The summed E-state index contributed by atoms with van der Waals surface area (Å²) in [6, 6.07) is 3.85. The highest BCUT2D eigenvalue weighted by atomic mass is 16.5. The van der Waals surface area contributed by atoms with Crippen molar-refractivity contribution in [3.63, 3.8) is 0 Å². The van der Waals surface area contributed by atoms with Gasteiger partial charge in [-0.2, -0.15) is 4.98 Å². The van der Waals surface area contributed by atoms with Gasteiger partial charge in [0.25, 0.3) is 0 Å². The van der Waals surface area contributed by atoms with Gasteiger partial charge in [-0.1, -0.05) is 6.92 Å². The van der Waals surface area contributed by atoms with Gasteiger partial charge in [0.1, 0.15) is 5.82 Å². The summed E-state index contributed by atoms with van der Waals surface area (Å²) >= 11 is 0. The first-order chi connectivity index (χ1) is 8.70. The molecule has 1 saturated heterocycles. The summed E-state index contributed by atoms with van der Waals surface area (Å²) in [6.07, 6.45) is 0.958. The molecular formula is C13H22N4O. The van der Waals surface area contributed by atoms with Gasteiger partial charge in [-0.15, -0.1) is 0 Å². The molecule has 2 heterocycles. The van der Waals surface area contributed by atoms with Crippen LogP contribution in [0.5, 0.6) is 5.88 Å². The number of likely N-dealkylation sites (N-methyl/N-ethyl adjacent to an activating group) is 1. The number of nitrogens with zero attached hydrogens (tertiary/aromatic N) is 3. The highest BCUT2D eigenvalue weighted by Gasteiger charge is 2.16. The number of pyridine rings is 1. The fourth-order valence-electron chi connectivity index (χ4n) is 1.97. The first-order valence-electron chi connectivity index (χ1n) is 6.53. The van der Waals surface area contributed by atoms with E-state index in [0.717, 1.165) is 38.4 Å². The third kappa shape index (κ3) is 3.04. The van der Waals surface area contributed by atoms with E-state index < -0.39 is 0 Å². The molecule has 1 aliphatic heterocycles. The van der Waals surface area contributed by atoms with Crippen LogP contribution in [0.25, 0.3) is 0 Å². The Balaban J connectivity index is 2.08. The molecule has 0 aliphatic carbocycles. The van der Waals surface area contributed by atoms with Crippen molar-refractivity contribution in [2.24, 2.45) is 0 Å². The van der Waals surface area contributed by atoms with E-state index in [0.29, 0.717) is 18.2 Å². The van der Waals surface area contributed by atoms with Gasteiger partial charge >= 0.3 is 0 Å². The summed E-state index contributed by atoms with van der Waals surface area (Å²) in [7, 11) is 2.14. The summed E-state index contributed by atoms with van der Waals surface area (Å²) in [5, 5.41) is 0. The third-order valence-corrected chi connectivity index (χ3v) is 3.15. The zero-order chi connectivity index (χ0) is 13.0. The van der Waals surface area contributed by atoms with Crippen molar-refractivity contribution in [1.29, 1.82) is 0 Å². The molecule has 1 fully saturated rings. The quantitative estimate of drug-likeness (QED) is 0.870. The van der Waals surface area contributed by atoms with Gasteiger partial charge in [-0.3, -0.25) is 0 Å². The smallest absolute Gasteiger partial charge is 0.239 e. The first-order valence-corrected chi connectivity index (χ1v) is 6.53. The summed E-state index contributed by atoms with van der Waals surface area (Å²) in [4.78, 5) is 9.12. The Morgan fingerprint density at radius 1 is 1.28 bits per heavy atom. The average Bonchev–Trinajstić information content (AvgIpc) is 2.39. The van der Waals surface area contributed by atoms with Gasteiger partial charge in [0.15, 0.2) is 0 Å². The SMILES string of the molecule is CCCOc1nc(N2CCN(C)CC2)ccc1N. The highest BCUT2D eigenvalue weighted by Crippen LogP contribution is 2.23. The van der Waals surface area contributed by atoms with E-state index in [4.69, 9.17) is 10.5 Å². The molecule has 2 N–H and O–H groups in total. The number of hydrogen-bond acceptors (Lipinski definition) is 5. The van der Waals surface area contributed by atoms with E-state index in [-0.39, 0.29) is 0 Å². The minimum absolute atomic E-state index is 0.563. The van der Waals surface area contributed by atoms with Crippen LogP contribution in [0.1, 0.15) is 13.3 Å². The minimum atomic E-state index is 0.563. The molecule has 100 valence electrons. The fourth-order valence-corrected chi connectivity index (χ4v) is 1.97. The van der Waals surface area contributed by atoms with Crippen molar-refractivity contribution >= 4 is 11.5 Å². The molecule has 5 heteroatoms. The van der Waals surface area contributed by atoms with E-state index in [2.05, 4.69) is 28.8 Å². The monoisotopic (exact) mass is 250 g/mol. The van der Waals surface area contributed by atoms with E-state index in [1.165, 1.54) is 0 Å². The Kier molecular flexibility index (Phi) is 4.25. The Labute approximate surface area is 109 Å². The number of nitrogens with two attached hydrogens (primary N) is 1. The molecule has 1 aliphatic rings. The second kappa shape index (κ2) is 5.91. The van der Waals surface area contributed by atoms with Crippen LogP contribution in [0.15, 0.2) is 12.1 Å². The van der Waals surface area contributed by atoms with E-state index in [1.807, 2.05) is 12.1 Å². The molecular weight excluding hydrogens is 228 g/mol. The van der Waals surface area contributed by atoms with Crippen LogP contribution in [-0.2, 0) is 0 Å². The summed E-state index contributed by atoms with van der Waals surface area (Å²) in [5.41, 5.74) is 6.48. The summed E-state index contributed by atoms with van der Waals surface area (Å²) < 4.78 is 5.57. The molecule has 0 amide bonds. The lowest BCUT2D eigenvalue weighted by Gasteiger charge is -2.33. The molecule has 1 aromatic heterocycles. The van der Waals surface area contributed by atoms with Crippen molar-refractivity contribution < 1.29 is 4.74 Å². The molecule has 0 radical (unpaired) electrons. The van der Waals surface area contributed by atoms with Crippen LogP contribution in [0, 0.1) is 0 Å². The fraction of sp³-hybridized carbons (Fsp3) is 0.615. The molecule has 0 spiro atoms. The van der Waals surface area contributed by atoms with Gasteiger partial charge in [0.05, 0.1) is 12.3 Å². The third-order valence-electron chi connectivity index (χ3n) is 3.15. The lowest BCUT2D eigenvalue weighted by atomic mass is 10.3. The number of piperazine rings is 1. The van der Waals surface area contributed by atoms with Crippen molar-refractivity contribution in [1.82, 2.24) is 9.88 Å². The molecule has 0 aromatic carbocycles. The van der Waals surface area contributed by atoms with Crippen LogP contribution in [0.3, 0.4) is 0 Å². The molecule has 0 unspecified atom stereocenters. The van der Waals surface area contributed by atoms with Crippen LogP contribution in [0.2, 0.25) is 0 Å². The lowest BCUT2D eigenvalue weighted by molar-refractivity contribution is 0.302. The Morgan fingerprint density at radius 3 is 2.67 bits per heavy atom. The first kappa shape index (κ1) is 13.0. The Hall–Kier alpha value is -1.49. The Bertz CT molecular complexity index is 389. The number of hydrogen-bond donors (Lipinski definition) is 1. The number of ether oxygens (including phenoxy) is 1. The van der Waals surface area contributed by atoms with Gasteiger partial charge in [0, 0.05) is 26.2 Å². The standard InChI is InChI=1S/C13H22N4O/c1-3-10-18-13-11(14)4-5-12(15-13)17-8-6-16(2)7-9-17/h4-5H,3,6-10,14H2,1-2H3. The topological polar surface area (TPSA) is 54.6 Å². The second-order valence-electron chi connectivity index (χ2n) is 4.70. The number of rotatable bonds is 4. The Morgan fingerprint density at radius 2 is 2.00 bits per heavy atom. The molecule has 2 rings (SSSR count). The van der Waals surface area contributed by atoms with Crippen molar-refractivity contribution in [3.8, 4) is 5.88 Å². The predicted molar refractivity (Wildman–Crippen MR) is 74.1 cm³/mol. The van der Waals surface area contributed by atoms with E-state index >= 15 is 0 Å². The van der Waals surface area contributed by atoms with Crippen molar-refractivity contribution in [2.45, 2.75) is 13.3 Å². The molecule has 0 atom stereocenters. The second-order valence-corrected chi connectivity index (χ2v) is 4.70. The van der Waals surface area contributed by atoms with Gasteiger partial charge < -0.3 is 20.3 Å². The van der Waals surface area contributed by atoms with Gasteiger partial charge in [-0.05, 0) is 25.6 Å². The maximum Gasteiger partial charge on any atom is 0.239 e. The van der Waals surface area contributed by atoms with Gasteiger partial charge in [-0.25, -0.2) is 0 Å². The minimum Gasteiger partial charge on any atom is -0.476 e. The maximum absolute atomic E-state index is 5.87. The van der Waals surface area contributed by atoms with Crippen LogP contribution >= 0.6 is 0 Å². The number of aromatic nitrogens is 1. The van der Waals surface area contributed by atoms with Crippen molar-refractivity contribution in [2.75, 3.05) is 50.5 Å². The van der Waals surface area contributed by atoms with E-state index in [1.54, 1.807) is 0 Å². The predicted octanol–water partition coefficient (Wildman–Crippen LogP) is 1.20. The largest absolute Gasteiger partial charge is 0.476 e. The normalized spacial score (nSPS) is 16.9. The maximum atomic E-state index is 5.87. The van der Waals surface area contributed by atoms with Gasteiger partial charge in [0.2, 0.25) is 5.88 Å². The zero-order valence-electron chi connectivity index (χ0n) is 11.2. The number of anilines is 2. The van der Waals surface area contributed by atoms with Crippen molar-refractivity contribution in [3.05, 3.63) is 12.1 Å². The van der Waals surface area contributed by atoms with Crippen LogP contribution < -0.4 is 15.4 Å². The zero-order valence-corrected chi connectivity index (χ0v) is 11.2. The molecule has 5 nitrogen and oxygen atoms in total. The van der Waals surface area contributed by atoms with Crippen LogP contribution in [0.4, 0.5) is 11.5 Å². The average molecular weight is 250 g/mol. The van der Waals surface area contributed by atoms with Crippen LogP contribution in [-0.4, -0.2) is 49.7 Å². The molecule has 1 aromatic rings. The molecule has 18 heavy (non-hydrogen) atoms. The summed E-state index contributed by atoms with van der Waals surface area (Å²) in [6.45, 7) is 6.86.